The molecule has 0 radical (unpaired) electrons. The first-order chi connectivity index (χ1) is 9.60. The largest absolute Gasteiger partial charge is 0.356 e. The van der Waals surface area contributed by atoms with Crippen LogP contribution in [0, 0.1) is 11.8 Å². The first-order valence-corrected chi connectivity index (χ1v) is 8.22. The van der Waals surface area contributed by atoms with E-state index in [0.717, 1.165) is 43.3 Å². The SMILES string of the molecule is CCNC(=O)C1CCN(c2nc(CC(C)C)ns2)CC1. The van der Waals surface area contributed by atoms with Gasteiger partial charge in [-0.05, 0) is 25.7 Å². The maximum absolute atomic E-state index is 11.8. The predicted molar refractivity (Wildman–Crippen MR) is 82.1 cm³/mol. The van der Waals surface area contributed by atoms with E-state index in [1.54, 1.807) is 0 Å². The van der Waals surface area contributed by atoms with Crippen LogP contribution in [0.4, 0.5) is 5.13 Å². The van der Waals surface area contributed by atoms with E-state index in [0.29, 0.717) is 12.5 Å². The molecule has 112 valence electrons. The van der Waals surface area contributed by atoms with E-state index >= 15 is 0 Å². The van der Waals surface area contributed by atoms with Crippen LogP contribution < -0.4 is 10.2 Å². The third-order valence-electron chi connectivity index (χ3n) is 3.54. The molecular formula is C14H24N4OS. The molecule has 2 rings (SSSR count). The molecule has 1 saturated heterocycles. The Morgan fingerprint density at radius 1 is 1.45 bits per heavy atom. The molecule has 1 fully saturated rings. The van der Waals surface area contributed by atoms with Crippen molar-refractivity contribution < 1.29 is 4.79 Å². The number of amides is 1. The minimum absolute atomic E-state index is 0.161. The Kier molecular flexibility index (Phi) is 5.34. The summed E-state index contributed by atoms with van der Waals surface area (Å²) in [5, 5.41) is 3.92. The van der Waals surface area contributed by atoms with Crippen molar-refractivity contribution in [1.82, 2.24) is 14.7 Å². The molecule has 0 aliphatic carbocycles. The average molecular weight is 296 g/mol. The van der Waals surface area contributed by atoms with Crippen LogP contribution in [0.3, 0.4) is 0 Å². The van der Waals surface area contributed by atoms with Crippen LogP contribution in [-0.4, -0.2) is 34.9 Å². The number of carbonyl (C=O) groups excluding carboxylic acids is 1. The first kappa shape index (κ1) is 15.2. The molecule has 1 N–H and O–H groups in total. The van der Waals surface area contributed by atoms with E-state index in [1.165, 1.54) is 11.5 Å². The van der Waals surface area contributed by atoms with Gasteiger partial charge in [0.1, 0.15) is 5.82 Å². The van der Waals surface area contributed by atoms with E-state index in [-0.39, 0.29) is 11.8 Å². The molecule has 0 saturated carbocycles. The minimum Gasteiger partial charge on any atom is -0.356 e. The first-order valence-electron chi connectivity index (χ1n) is 7.45. The number of nitrogens with one attached hydrogen (secondary N) is 1. The van der Waals surface area contributed by atoms with Gasteiger partial charge in [-0.1, -0.05) is 13.8 Å². The fourth-order valence-corrected chi connectivity index (χ4v) is 3.22. The Hall–Kier alpha value is -1.17. The quantitative estimate of drug-likeness (QED) is 0.904. The van der Waals surface area contributed by atoms with Crippen molar-refractivity contribution in [2.75, 3.05) is 24.5 Å². The molecule has 1 aromatic heterocycles. The molecule has 6 heteroatoms. The van der Waals surface area contributed by atoms with E-state index in [9.17, 15) is 4.79 Å². The molecule has 0 atom stereocenters. The number of rotatable bonds is 5. The van der Waals surface area contributed by atoms with Gasteiger partial charge in [0.2, 0.25) is 11.0 Å². The standard InChI is InChI=1S/C14H24N4OS/c1-4-15-13(19)11-5-7-18(8-6-11)14-16-12(17-20-14)9-10(2)3/h10-11H,4-9H2,1-3H3,(H,15,19). The van der Waals surface area contributed by atoms with E-state index in [2.05, 4.69) is 33.4 Å². The molecule has 1 amide bonds. The summed E-state index contributed by atoms with van der Waals surface area (Å²) in [6, 6.07) is 0. The van der Waals surface area contributed by atoms with Gasteiger partial charge in [0.15, 0.2) is 0 Å². The van der Waals surface area contributed by atoms with Gasteiger partial charge in [0.25, 0.3) is 0 Å². The van der Waals surface area contributed by atoms with Crippen molar-refractivity contribution >= 4 is 22.6 Å². The van der Waals surface area contributed by atoms with Crippen LogP contribution in [0.25, 0.3) is 0 Å². The van der Waals surface area contributed by atoms with Gasteiger partial charge >= 0.3 is 0 Å². The van der Waals surface area contributed by atoms with Crippen LogP contribution in [0.1, 0.15) is 39.4 Å². The summed E-state index contributed by atoms with van der Waals surface area (Å²) in [5.41, 5.74) is 0. The number of hydrogen-bond donors (Lipinski definition) is 1. The summed E-state index contributed by atoms with van der Waals surface area (Å²) in [7, 11) is 0. The Morgan fingerprint density at radius 2 is 2.15 bits per heavy atom. The van der Waals surface area contributed by atoms with Gasteiger partial charge in [-0.15, -0.1) is 0 Å². The molecule has 5 nitrogen and oxygen atoms in total. The summed E-state index contributed by atoms with van der Waals surface area (Å²) >= 11 is 1.48. The molecule has 0 aromatic carbocycles. The van der Waals surface area contributed by atoms with Crippen LogP contribution in [0.2, 0.25) is 0 Å². The van der Waals surface area contributed by atoms with Crippen molar-refractivity contribution in [3.05, 3.63) is 5.82 Å². The Balaban J connectivity index is 1.87. The molecular weight excluding hydrogens is 272 g/mol. The second-order valence-corrected chi connectivity index (χ2v) is 6.48. The van der Waals surface area contributed by atoms with Crippen LogP contribution in [-0.2, 0) is 11.2 Å². The molecule has 0 bridgehead atoms. The highest BCUT2D eigenvalue weighted by atomic mass is 32.1. The zero-order valence-corrected chi connectivity index (χ0v) is 13.4. The highest BCUT2D eigenvalue weighted by Crippen LogP contribution is 2.25. The van der Waals surface area contributed by atoms with Gasteiger partial charge < -0.3 is 10.2 Å². The number of hydrogen-bond acceptors (Lipinski definition) is 5. The van der Waals surface area contributed by atoms with E-state index in [1.807, 2.05) is 6.92 Å². The van der Waals surface area contributed by atoms with Crippen LogP contribution in [0.15, 0.2) is 0 Å². The molecule has 1 aliphatic rings. The molecule has 20 heavy (non-hydrogen) atoms. The second kappa shape index (κ2) is 7.02. The predicted octanol–water partition coefficient (Wildman–Crippen LogP) is 2.09. The zero-order valence-electron chi connectivity index (χ0n) is 12.6. The number of anilines is 1. The van der Waals surface area contributed by atoms with Crippen LogP contribution in [0.5, 0.6) is 0 Å². The number of piperidine rings is 1. The number of carbonyl (C=O) groups is 1. The highest BCUT2D eigenvalue weighted by Gasteiger charge is 2.26. The lowest BCUT2D eigenvalue weighted by atomic mass is 9.96. The van der Waals surface area contributed by atoms with Gasteiger partial charge in [-0.2, -0.15) is 4.37 Å². The van der Waals surface area contributed by atoms with Crippen molar-refractivity contribution in [1.29, 1.82) is 0 Å². The maximum Gasteiger partial charge on any atom is 0.223 e. The summed E-state index contributed by atoms with van der Waals surface area (Å²) in [4.78, 5) is 18.7. The third-order valence-corrected chi connectivity index (χ3v) is 4.35. The van der Waals surface area contributed by atoms with E-state index < -0.39 is 0 Å². The zero-order chi connectivity index (χ0) is 14.5. The fraction of sp³-hybridized carbons (Fsp3) is 0.786. The Labute approximate surface area is 124 Å². The van der Waals surface area contributed by atoms with E-state index in [4.69, 9.17) is 0 Å². The molecule has 2 heterocycles. The summed E-state index contributed by atoms with van der Waals surface area (Å²) in [6.45, 7) is 8.84. The summed E-state index contributed by atoms with van der Waals surface area (Å²) < 4.78 is 4.42. The topological polar surface area (TPSA) is 58.1 Å². The third kappa shape index (κ3) is 3.91. The van der Waals surface area contributed by atoms with Crippen molar-refractivity contribution in [2.45, 2.75) is 40.0 Å². The lowest BCUT2D eigenvalue weighted by Crippen LogP contribution is -2.40. The Bertz CT molecular complexity index is 438. The number of aromatic nitrogens is 2. The lowest BCUT2D eigenvalue weighted by Gasteiger charge is -2.30. The number of nitrogens with zero attached hydrogens (tertiary/aromatic N) is 3. The normalized spacial score (nSPS) is 16.7. The average Bonchev–Trinajstić information content (AvgIpc) is 2.87. The second-order valence-electron chi connectivity index (χ2n) is 5.75. The highest BCUT2D eigenvalue weighted by molar-refractivity contribution is 7.09. The molecule has 1 aromatic rings. The maximum atomic E-state index is 11.8. The van der Waals surface area contributed by atoms with Gasteiger partial charge in [0.05, 0.1) is 0 Å². The summed E-state index contributed by atoms with van der Waals surface area (Å²) in [6.07, 6.45) is 2.75. The smallest absolute Gasteiger partial charge is 0.223 e. The lowest BCUT2D eigenvalue weighted by molar-refractivity contribution is -0.125. The van der Waals surface area contributed by atoms with Crippen molar-refractivity contribution in [3.8, 4) is 0 Å². The van der Waals surface area contributed by atoms with Crippen molar-refractivity contribution in [3.63, 3.8) is 0 Å². The molecule has 0 unspecified atom stereocenters. The van der Waals surface area contributed by atoms with Crippen molar-refractivity contribution in [2.24, 2.45) is 11.8 Å². The van der Waals surface area contributed by atoms with Gasteiger partial charge in [0, 0.05) is 43.5 Å². The molecule has 1 aliphatic heterocycles. The monoisotopic (exact) mass is 296 g/mol. The van der Waals surface area contributed by atoms with Gasteiger partial charge in [-0.25, -0.2) is 4.98 Å². The Morgan fingerprint density at radius 3 is 2.75 bits per heavy atom. The fourth-order valence-electron chi connectivity index (χ4n) is 2.47. The van der Waals surface area contributed by atoms with Gasteiger partial charge in [-0.3, -0.25) is 4.79 Å². The molecule has 0 spiro atoms. The minimum atomic E-state index is 0.161. The summed E-state index contributed by atoms with van der Waals surface area (Å²) in [5.74, 6) is 1.89. The van der Waals surface area contributed by atoms with Crippen LogP contribution >= 0.6 is 11.5 Å².